The molecule has 1 aliphatic carbocycles. The first-order chi connectivity index (χ1) is 11.2. The van der Waals surface area contributed by atoms with Crippen LogP contribution in [0.15, 0.2) is 4.99 Å². The number of amides is 1. The summed E-state index contributed by atoms with van der Waals surface area (Å²) in [5.74, 6) is 0.860. The van der Waals surface area contributed by atoms with Crippen molar-refractivity contribution in [3.8, 4) is 0 Å². The van der Waals surface area contributed by atoms with Crippen LogP contribution in [0, 0.1) is 5.41 Å². The first-order valence-electron chi connectivity index (χ1n) is 8.86. The fourth-order valence-electron chi connectivity index (χ4n) is 3.10. The van der Waals surface area contributed by atoms with Crippen molar-refractivity contribution in [2.75, 3.05) is 40.4 Å². The third-order valence-corrected chi connectivity index (χ3v) is 4.57. The van der Waals surface area contributed by atoms with Crippen molar-refractivity contribution in [2.24, 2.45) is 10.4 Å². The molecular weight excluding hydrogens is 292 g/mol. The highest BCUT2D eigenvalue weighted by molar-refractivity contribution is 5.81. The predicted molar refractivity (Wildman–Crippen MR) is 94.7 cm³/mol. The number of nitrogens with zero attached hydrogens (tertiary/aromatic N) is 1. The maximum atomic E-state index is 11.6. The van der Waals surface area contributed by atoms with E-state index >= 15 is 0 Å². The molecule has 3 N–H and O–H groups in total. The Hall–Kier alpha value is -1.30. The molecule has 1 rings (SSSR count). The lowest BCUT2D eigenvalue weighted by Gasteiger charge is -2.29. The number of hydrogen-bond donors (Lipinski definition) is 3. The van der Waals surface area contributed by atoms with Crippen LogP contribution in [0.3, 0.4) is 0 Å². The van der Waals surface area contributed by atoms with Crippen LogP contribution in [-0.2, 0) is 9.53 Å². The van der Waals surface area contributed by atoms with Gasteiger partial charge >= 0.3 is 0 Å². The van der Waals surface area contributed by atoms with Gasteiger partial charge in [-0.05, 0) is 31.1 Å². The molecule has 0 bridgehead atoms. The molecule has 1 saturated carbocycles. The first-order valence-corrected chi connectivity index (χ1v) is 8.86. The fourth-order valence-corrected chi connectivity index (χ4v) is 3.10. The number of hydrogen-bond acceptors (Lipinski definition) is 3. The van der Waals surface area contributed by atoms with Gasteiger partial charge in [-0.25, -0.2) is 0 Å². The topological polar surface area (TPSA) is 74.8 Å². The molecule has 0 unspecified atom stereocenters. The molecule has 6 heteroatoms. The summed E-state index contributed by atoms with van der Waals surface area (Å²) >= 11 is 0. The van der Waals surface area contributed by atoms with Gasteiger partial charge in [0.15, 0.2) is 5.96 Å². The Balaban J connectivity index is 2.31. The monoisotopic (exact) mass is 326 g/mol. The SMILES string of the molecule is CCCNC(=O)CCNC(=NC)NCC1(CCOC)CCCC1. The van der Waals surface area contributed by atoms with Crippen LogP contribution in [0.4, 0.5) is 0 Å². The third kappa shape index (κ3) is 7.68. The van der Waals surface area contributed by atoms with Gasteiger partial charge < -0.3 is 20.7 Å². The van der Waals surface area contributed by atoms with E-state index in [1.807, 2.05) is 6.92 Å². The molecule has 6 nitrogen and oxygen atoms in total. The summed E-state index contributed by atoms with van der Waals surface area (Å²) in [6, 6.07) is 0. The van der Waals surface area contributed by atoms with E-state index < -0.39 is 0 Å². The molecule has 0 spiro atoms. The van der Waals surface area contributed by atoms with E-state index in [1.54, 1.807) is 14.2 Å². The van der Waals surface area contributed by atoms with Crippen LogP contribution < -0.4 is 16.0 Å². The minimum absolute atomic E-state index is 0.0853. The Labute approximate surface area is 140 Å². The number of nitrogens with one attached hydrogen (secondary N) is 3. The minimum atomic E-state index is 0.0853. The van der Waals surface area contributed by atoms with Crippen LogP contribution in [0.5, 0.6) is 0 Å². The molecule has 0 radical (unpaired) electrons. The number of guanidine groups is 1. The van der Waals surface area contributed by atoms with Crippen molar-refractivity contribution in [1.82, 2.24) is 16.0 Å². The molecule has 1 fully saturated rings. The highest BCUT2D eigenvalue weighted by Gasteiger charge is 2.33. The van der Waals surface area contributed by atoms with Gasteiger partial charge in [0.2, 0.25) is 5.91 Å². The lowest BCUT2D eigenvalue weighted by atomic mass is 9.83. The Morgan fingerprint density at radius 3 is 2.52 bits per heavy atom. The Morgan fingerprint density at radius 1 is 1.17 bits per heavy atom. The van der Waals surface area contributed by atoms with E-state index in [1.165, 1.54) is 25.7 Å². The van der Waals surface area contributed by atoms with E-state index in [0.29, 0.717) is 18.4 Å². The van der Waals surface area contributed by atoms with Crippen LogP contribution in [0.2, 0.25) is 0 Å². The molecule has 1 aliphatic rings. The molecular formula is C17H34N4O2. The van der Waals surface area contributed by atoms with Crippen molar-refractivity contribution in [3.63, 3.8) is 0 Å². The molecule has 0 aromatic rings. The van der Waals surface area contributed by atoms with E-state index in [4.69, 9.17) is 4.74 Å². The quantitative estimate of drug-likeness (QED) is 0.422. The highest BCUT2D eigenvalue weighted by atomic mass is 16.5. The second-order valence-electron chi connectivity index (χ2n) is 6.40. The van der Waals surface area contributed by atoms with Gasteiger partial charge in [0, 0.05) is 46.8 Å². The van der Waals surface area contributed by atoms with Gasteiger partial charge in [-0.15, -0.1) is 0 Å². The molecule has 0 aromatic carbocycles. The van der Waals surface area contributed by atoms with Crippen LogP contribution in [0.1, 0.15) is 51.9 Å². The van der Waals surface area contributed by atoms with Gasteiger partial charge in [-0.2, -0.15) is 0 Å². The molecule has 1 amide bonds. The van der Waals surface area contributed by atoms with Crippen molar-refractivity contribution in [2.45, 2.75) is 51.9 Å². The smallest absolute Gasteiger partial charge is 0.221 e. The Bertz CT molecular complexity index is 366. The number of rotatable bonds is 10. The van der Waals surface area contributed by atoms with Gasteiger partial charge in [0.25, 0.3) is 0 Å². The predicted octanol–water partition coefficient (Wildman–Crippen LogP) is 1.66. The van der Waals surface area contributed by atoms with Crippen LogP contribution >= 0.6 is 0 Å². The number of methoxy groups -OCH3 is 1. The average molecular weight is 326 g/mol. The Kier molecular flexibility index (Phi) is 9.67. The summed E-state index contributed by atoms with van der Waals surface area (Å²) in [6.07, 6.45) is 7.62. The van der Waals surface area contributed by atoms with Crippen LogP contribution in [-0.4, -0.2) is 52.3 Å². The molecule has 0 atom stereocenters. The van der Waals surface area contributed by atoms with E-state index in [0.717, 1.165) is 38.5 Å². The second kappa shape index (κ2) is 11.3. The van der Waals surface area contributed by atoms with Crippen LogP contribution in [0.25, 0.3) is 0 Å². The number of carbonyl (C=O) groups is 1. The average Bonchev–Trinajstić information content (AvgIpc) is 3.03. The lowest BCUT2D eigenvalue weighted by molar-refractivity contribution is -0.120. The van der Waals surface area contributed by atoms with Crippen molar-refractivity contribution in [3.05, 3.63) is 0 Å². The second-order valence-corrected chi connectivity index (χ2v) is 6.40. The minimum Gasteiger partial charge on any atom is -0.385 e. The number of ether oxygens (including phenoxy) is 1. The van der Waals surface area contributed by atoms with E-state index in [9.17, 15) is 4.79 Å². The zero-order valence-electron chi connectivity index (χ0n) is 15.0. The maximum Gasteiger partial charge on any atom is 0.221 e. The fraction of sp³-hybridized carbons (Fsp3) is 0.882. The highest BCUT2D eigenvalue weighted by Crippen LogP contribution is 2.40. The number of aliphatic imine (C=N–C) groups is 1. The third-order valence-electron chi connectivity index (χ3n) is 4.57. The summed E-state index contributed by atoms with van der Waals surface area (Å²) in [4.78, 5) is 15.8. The number of carbonyl (C=O) groups excluding carboxylic acids is 1. The molecule has 0 aromatic heterocycles. The summed E-state index contributed by atoms with van der Waals surface area (Å²) in [7, 11) is 3.53. The largest absolute Gasteiger partial charge is 0.385 e. The lowest BCUT2D eigenvalue weighted by Crippen LogP contribution is -2.44. The first kappa shape index (κ1) is 19.7. The molecule has 0 heterocycles. The van der Waals surface area contributed by atoms with Crippen molar-refractivity contribution in [1.29, 1.82) is 0 Å². The maximum absolute atomic E-state index is 11.6. The van der Waals surface area contributed by atoms with Gasteiger partial charge in [-0.3, -0.25) is 9.79 Å². The molecule has 134 valence electrons. The normalized spacial score (nSPS) is 17.1. The van der Waals surface area contributed by atoms with Gasteiger partial charge in [0.1, 0.15) is 0 Å². The molecule has 0 aliphatic heterocycles. The van der Waals surface area contributed by atoms with Gasteiger partial charge in [-0.1, -0.05) is 19.8 Å². The summed E-state index contributed by atoms with van der Waals surface area (Å²) in [5.41, 5.74) is 0.326. The van der Waals surface area contributed by atoms with E-state index in [2.05, 4.69) is 20.9 Å². The molecule has 23 heavy (non-hydrogen) atoms. The summed E-state index contributed by atoms with van der Waals surface area (Å²) < 4.78 is 5.27. The zero-order chi connectivity index (χ0) is 17.0. The summed E-state index contributed by atoms with van der Waals surface area (Å²) in [5, 5.41) is 9.53. The van der Waals surface area contributed by atoms with E-state index in [-0.39, 0.29) is 5.91 Å². The standard InChI is InChI=1S/C17H34N4O2/c1-4-11-19-15(22)7-12-20-16(18-2)21-14-17(10-13-23-3)8-5-6-9-17/h4-14H2,1-3H3,(H,19,22)(H2,18,20,21). The van der Waals surface area contributed by atoms with Crippen molar-refractivity contribution >= 4 is 11.9 Å². The zero-order valence-corrected chi connectivity index (χ0v) is 15.0. The summed E-state index contributed by atoms with van der Waals surface area (Å²) in [6.45, 7) is 5.12. The van der Waals surface area contributed by atoms with Gasteiger partial charge in [0.05, 0.1) is 0 Å². The Morgan fingerprint density at radius 2 is 1.91 bits per heavy atom. The van der Waals surface area contributed by atoms with Crippen molar-refractivity contribution < 1.29 is 9.53 Å². The molecule has 0 saturated heterocycles.